The van der Waals surface area contributed by atoms with E-state index in [0.717, 1.165) is 31.2 Å². The van der Waals surface area contributed by atoms with Crippen LogP contribution in [-0.2, 0) is 16.6 Å². The fourth-order valence-corrected chi connectivity index (χ4v) is 3.99. The molecule has 2 amide bonds. The Kier molecular flexibility index (Phi) is 6.07. The molecule has 0 spiro atoms. The molecule has 2 aromatic rings. The van der Waals surface area contributed by atoms with Crippen LogP contribution in [0.15, 0.2) is 30.5 Å². The van der Waals surface area contributed by atoms with E-state index in [4.69, 9.17) is 0 Å². The van der Waals surface area contributed by atoms with Gasteiger partial charge in [0, 0.05) is 26.2 Å². The summed E-state index contributed by atoms with van der Waals surface area (Å²) in [6.45, 7) is 4.28. The Morgan fingerprint density at radius 2 is 1.79 bits per heavy atom. The van der Waals surface area contributed by atoms with Gasteiger partial charge in [-0.15, -0.1) is 0 Å². The van der Waals surface area contributed by atoms with E-state index in [1.165, 1.54) is 5.56 Å². The summed E-state index contributed by atoms with van der Waals surface area (Å²) < 4.78 is 0. The molecule has 3 rings (SSSR count). The first-order valence-electron chi connectivity index (χ1n) is 9.86. The predicted octanol–water partition coefficient (Wildman–Crippen LogP) is 2.62. The van der Waals surface area contributed by atoms with E-state index in [2.05, 4.69) is 51.8 Å². The zero-order valence-corrected chi connectivity index (χ0v) is 16.8. The van der Waals surface area contributed by atoms with Gasteiger partial charge in [-0.3, -0.25) is 9.59 Å². The third kappa shape index (κ3) is 4.06. The monoisotopic (exact) mass is 380 g/mol. The number of benzene rings is 1. The van der Waals surface area contributed by atoms with E-state index in [1.807, 2.05) is 0 Å². The van der Waals surface area contributed by atoms with Crippen LogP contribution in [0.5, 0.6) is 0 Å². The number of aromatic nitrogens is 2. The fraction of sp³-hybridized carbons (Fsp3) is 0.455. The number of nitrogens with zero attached hydrogens (tertiary/aromatic N) is 2. The quantitative estimate of drug-likeness (QED) is 0.807. The predicted molar refractivity (Wildman–Crippen MR) is 108 cm³/mol. The van der Waals surface area contributed by atoms with E-state index < -0.39 is 5.41 Å². The molecule has 0 radical (unpaired) electrons. The lowest BCUT2D eigenvalue weighted by Crippen LogP contribution is -2.43. The van der Waals surface area contributed by atoms with E-state index in [9.17, 15) is 9.59 Å². The summed E-state index contributed by atoms with van der Waals surface area (Å²) in [6, 6.07) is 8.30. The molecule has 6 nitrogen and oxygen atoms in total. The third-order valence-corrected chi connectivity index (χ3v) is 5.60. The van der Waals surface area contributed by atoms with Gasteiger partial charge in [-0.1, -0.05) is 42.7 Å². The highest BCUT2D eigenvalue weighted by Crippen LogP contribution is 2.41. The van der Waals surface area contributed by atoms with Crippen molar-refractivity contribution in [2.75, 3.05) is 13.6 Å². The fourth-order valence-electron chi connectivity index (χ4n) is 3.99. The topological polar surface area (TPSA) is 84.0 Å². The van der Waals surface area contributed by atoms with Gasteiger partial charge in [0.15, 0.2) is 0 Å². The molecule has 0 saturated heterocycles. The number of nitrogens with one attached hydrogen (secondary N) is 2. The van der Waals surface area contributed by atoms with Crippen molar-refractivity contribution in [1.29, 1.82) is 0 Å². The van der Waals surface area contributed by atoms with E-state index in [-0.39, 0.29) is 11.8 Å². The maximum Gasteiger partial charge on any atom is 0.254 e. The Morgan fingerprint density at radius 1 is 1.11 bits per heavy atom. The van der Waals surface area contributed by atoms with Gasteiger partial charge in [0.1, 0.15) is 5.82 Å². The minimum absolute atomic E-state index is 0.0705. The first-order valence-corrected chi connectivity index (χ1v) is 9.86. The number of carbonyl (C=O) groups excluding carboxylic acids is 2. The highest BCUT2D eigenvalue weighted by atomic mass is 16.2. The highest BCUT2D eigenvalue weighted by Gasteiger charge is 2.42. The van der Waals surface area contributed by atoms with Gasteiger partial charge in [-0.25, -0.2) is 9.97 Å². The minimum atomic E-state index is -0.446. The second-order valence-corrected chi connectivity index (χ2v) is 7.52. The lowest BCUT2D eigenvalue weighted by atomic mass is 9.77. The summed E-state index contributed by atoms with van der Waals surface area (Å²) >= 11 is 0. The Balaban J connectivity index is 1.72. The van der Waals surface area contributed by atoms with Crippen molar-refractivity contribution in [3.8, 4) is 0 Å². The summed E-state index contributed by atoms with van der Waals surface area (Å²) in [6.07, 6.45) is 5.90. The summed E-state index contributed by atoms with van der Waals surface area (Å²) in [7, 11) is 1.58. The van der Waals surface area contributed by atoms with Crippen molar-refractivity contribution in [2.24, 2.45) is 0 Å². The lowest BCUT2D eigenvalue weighted by Gasteiger charge is -2.28. The Labute approximate surface area is 166 Å². The van der Waals surface area contributed by atoms with Crippen LogP contribution >= 0.6 is 0 Å². The van der Waals surface area contributed by atoms with Crippen LogP contribution in [0.4, 0.5) is 0 Å². The number of rotatable bonds is 6. The summed E-state index contributed by atoms with van der Waals surface area (Å²) in [5.41, 5.74) is 2.95. The molecule has 0 atom stereocenters. The molecule has 148 valence electrons. The van der Waals surface area contributed by atoms with Gasteiger partial charge in [0.25, 0.3) is 5.91 Å². The van der Waals surface area contributed by atoms with Gasteiger partial charge in [0.2, 0.25) is 5.91 Å². The Bertz CT molecular complexity index is 855. The van der Waals surface area contributed by atoms with Crippen molar-refractivity contribution < 1.29 is 9.59 Å². The first kappa shape index (κ1) is 20.0. The van der Waals surface area contributed by atoms with Crippen LogP contribution in [0.25, 0.3) is 0 Å². The summed E-state index contributed by atoms with van der Waals surface area (Å²) in [5.74, 6) is 0.468. The number of aryl methyl sites for hydroxylation is 2. The van der Waals surface area contributed by atoms with Crippen LogP contribution in [0.3, 0.4) is 0 Å². The average Bonchev–Trinajstić information content (AvgIpc) is 3.19. The molecule has 1 fully saturated rings. The molecule has 2 N–H and O–H groups in total. The molecule has 1 aromatic heterocycles. The van der Waals surface area contributed by atoms with Gasteiger partial charge in [-0.2, -0.15) is 0 Å². The second-order valence-electron chi connectivity index (χ2n) is 7.52. The summed E-state index contributed by atoms with van der Waals surface area (Å²) in [4.78, 5) is 33.7. The molecule has 0 bridgehead atoms. The van der Waals surface area contributed by atoms with Crippen LogP contribution < -0.4 is 10.6 Å². The molecule has 6 heteroatoms. The van der Waals surface area contributed by atoms with E-state index in [0.29, 0.717) is 30.0 Å². The normalized spacial score (nSPS) is 15.2. The average molecular weight is 380 g/mol. The zero-order valence-electron chi connectivity index (χ0n) is 16.8. The Hall–Kier alpha value is -2.76. The van der Waals surface area contributed by atoms with Crippen LogP contribution in [-0.4, -0.2) is 35.4 Å². The van der Waals surface area contributed by atoms with E-state index >= 15 is 0 Å². The molecular weight excluding hydrogens is 352 g/mol. The van der Waals surface area contributed by atoms with Gasteiger partial charge in [-0.05, 0) is 32.3 Å². The first-order chi connectivity index (χ1) is 13.5. The van der Waals surface area contributed by atoms with Gasteiger partial charge >= 0.3 is 0 Å². The minimum Gasteiger partial charge on any atom is -0.355 e. The molecule has 1 aliphatic rings. The highest BCUT2D eigenvalue weighted by molar-refractivity contribution is 5.94. The van der Waals surface area contributed by atoms with Crippen molar-refractivity contribution in [1.82, 2.24) is 20.6 Å². The molecule has 0 unspecified atom stereocenters. The number of hydrogen-bond donors (Lipinski definition) is 2. The molecule has 28 heavy (non-hydrogen) atoms. The lowest BCUT2D eigenvalue weighted by molar-refractivity contribution is -0.126. The Morgan fingerprint density at radius 3 is 2.43 bits per heavy atom. The molecule has 1 aliphatic carbocycles. The van der Waals surface area contributed by atoms with Crippen LogP contribution in [0.2, 0.25) is 0 Å². The summed E-state index contributed by atoms with van der Waals surface area (Å²) in [5, 5.41) is 5.71. The molecular formula is C22H28N4O2. The van der Waals surface area contributed by atoms with Crippen molar-refractivity contribution in [3.05, 3.63) is 58.7 Å². The van der Waals surface area contributed by atoms with Crippen LogP contribution in [0.1, 0.15) is 58.7 Å². The van der Waals surface area contributed by atoms with Crippen molar-refractivity contribution in [3.63, 3.8) is 0 Å². The maximum absolute atomic E-state index is 13.2. The third-order valence-electron chi connectivity index (χ3n) is 5.60. The van der Waals surface area contributed by atoms with Crippen molar-refractivity contribution in [2.45, 2.75) is 51.4 Å². The molecule has 1 heterocycles. The maximum atomic E-state index is 13.2. The standard InChI is InChI=1S/C22H28N4O2/c1-15-6-8-17(9-7-15)22(11-4-5-12-22)21(28)24-13-10-19-18(20(27)23-3)14-25-16(2)26-19/h6-9,14H,4-5,10-13H2,1-3H3,(H,23,27)(H,24,28). The van der Waals surface area contributed by atoms with Gasteiger partial charge < -0.3 is 10.6 Å². The second kappa shape index (κ2) is 8.50. The van der Waals surface area contributed by atoms with Crippen LogP contribution in [0, 0.1) is 13.8 Å². The van der Waals surface area contributed by atoms with Crippen molar-refractivity contribution >= 4 is 11.8 Å². The van der Waals surface area contributed by atoms with Gasteiger partial charge in [0.05, 0.1) is 16.7 Å². The molecule has 1 saturated carbocycles. The SMILES string of the molecule is CNC(=O)c1cnc(C)nc1CCNC(=O)C1(c2ccc(C)cc2)CCCC1. The zero-order chi connectivity index (χ0) is 20.1. The van der Waals surface area contributed by atoms with E-state index in [1.54, 1.807) is 20.2 Å². The number of amides is 2. The molecule has 1 aromatic carbocycles. The number of hydrogen-bond acceptors (Lipinski definition) is 4. The number of carbonyl (C=O) groups is 2. The largest absolute Gasteiger partial charge is 0.355 e. The smallest absolute Gasteiger partial charge is 0.254 e. The molecule has 0 aliphatic heterocycles.